The summed E-state index contributed by atoms with van der Waals surface area (Å²) in [6, 6.07) is 0. The van der Waals surface area contributed by atoms with Crippen LogP contribution < -0.4 is 0 Å². The number of hydrogen-bond acceptors (Lipinski definition) is 2. The predicted molar refractivity (Wildman–Crippen MR) is 46.6 cm³/mol. The molecular formula is C9H20O2. The van der Waals surface area contributed by atoms with Gasteiger partial charge in [0, 0.05) is 6.61 Å². The normalized spacial score (nSPS) is 13.9. The van der Waals surface area contributed by atoms with E-state index in [2.05, 4.69) is 13.8 Å². The van der Waals surface area contributed by atoms with Crippen LogP contribution in [-0.2, 0) is 4.74 Å². The lowest BCUT2D eigenvalue weighted by Gasteiger charge is -2.13. The van der Waals surface area contributed by atoms with E-state index in [0.29, 0.717) is 12.5 Å². The Morgan fingerprint density at radius 3 is 2.09 bits per heavy atom. The lowest BCUT2D eigenvalue weighted by molar-refractivity contribution is 0.0280. The highest BCUT2D eigenvalue weighted by atomic mass is 16.5. The average Bonchev–Trinajstić information content (AvgIpc) is 1.98. The minimum atomic E-state index is -0.329. The van der Waals surface area contributed by atoms with Crippen molar-refractivity contribution in [3.05, 3.63) is 0 Å². The van der Waals surface area contributed by atoms with Gasteiger partial charge in [-0.1, -0.05) is 26.7 Å². The Balaban J connectivity index is 3.21. The summed E-state index contributed by atoms with van der Waals surface area (Å²) in [4.78, 5) is 0. The number of rotatable bonds is 6. The molecule has 1 unspecified atom stereocenters. The number of ether oxygens (including phenoxy) is 1. The third-order valence-electron chi connectivity index (χ3n) is 1.87. The third kappa shape index (κ3) is 6.32. The molecule has 0 radical (unpaired) electrons. The van der Waals surface area contributed by atoms with E-state index < -0.39 is 0 Å². The van der Waals surface area contributed by atoms with Gasteiger partial charge in [-0.15, -0.1) is 0 Å². The lowest BCUT2D eigenvalue weighted by Crippen LogP contribution is -2.15. The molecule has 0 saturated carbocycles. The fourth-order valence-electron chi connectivity index (χ4n) is 0.930. The molecule has 0 bridgehead atoms. The summed E-state index contributed by atoms with van der Waals surface area (Å²) in [6.45, 7) is 7.33. The minimum Gasteiger partial charge on any atom is -0.391 e. The van der Waals surface area contributed by atoms with Crippen molar-refractivity contribution < 1.29 is 9.84 Å². The topological polar surface area (TPSA) is 29.5 Å². The number of aliphatic hydroxyl groups excluding tert-OH is 1. The quantitative estimate of drug-likeness (QED) is 0.642. The molecule has 11 heavy (non-hydrogen) atoms. The smallest absolute Gasteiger partial charge is 0.0745 e. The van der Waals surface area contributed by atoms with Gasteiger partial charge in [0.15, 0.2) is 0 Å². The predicted octanol–water partition coefficient (Wildman–Crippen LogP) is 1.82. The van der Waals surface area contributed by atoms with E-state index in [1.807, 2.05) is 0 Å². The highest BCUT2D eigenvalue weighted by Crippen LogP contribution is 2.07. The van der Waals surface area contributed by atoms with E-state index in [4.69, 9.17) is 9.84 Å². The first-order valence-electron chi connectivity index (χ1n) is 4.46. The summed E-state index contributed by atoms with van der Waals surface area (Å²) >= 11 is 0. The zero-order chi connectivity index (χ0) is 8.69. The third-order valence-corrected chi connectivity index (χ3v) is 1.87. The van der Waals surface area contributed by atoms with Gasteiger partial charge in [0.25, 0.3) is 0 Å². The first-order valence-corrected chi connectivity index (χ1v) is 4.46. The molecule has 68 valence electrons. The molecule has 0 aliphatic carbocycles. The van der Waals surface area contributed by atoms with E-state index in [9.17, 15) is 0 Å². The van der Waals surface area contributed by atoms with Crippen LogP contribution in [0.5, 0.6) is 0 Å². The van der Waals surface area contributed by atoms with E-state index in [1.165, 1.54) is 0 Å². The van der Waals surface area contributed by atoms with Crippen LogP contribution in [0.4, 0.5) is 0 Å². The van der Waals surface area contributed by atoms with Crippen molar-refractivity contribution >= 4 is 0 Å². The van der Waals surface area contributed by atoms with E-state index >= 15 is 0 Å². The van der Waals surface area contributed by atoms with Crippen LogP contribution in [0.15, 0.2) is 0 Å². The molecule has 0 aliphatic heterocycles. The molecule has 0 amide bonds. The maximum Gasteiger partial charge on any atom is 0.0745 e. The molecule has 0 aliphatic rings. The van der Waals surface area contributed by atoms with Crippen LogP contribution in [0.3, 0.4) is 0 Å². The van der Waals surface area contributed by atoms with Crippen molar-refractivity contribution in [2.75, 3.05) is 13.2 Å². The zero-order valence-electron chi connectivity index (χ0n) is 7.84. The van der Waals surface area contributed by atoms with Gasteiger partial charge in [-0.25, -0.2) is 0 Å². The number of aliphatic hydroxyl groups is 1. The van der Waals surface area contributed by atoms with Gasteiger partial charge in [0.2, 0.25) is 0 Å². The minimum absolute atomic E-state index is 0.329. The van der Waals surface area contributed by atoms with Crippen molar-refractivity contribution in [2.45, 2.75) is 39.7 Å². The molecule has 0 aromatic carbocycles. The molecule has 0 heterocycles. The summed E-state index contributed by atoms with van der Waals surface area (Å²) in [5, 5.41) is 8.89. The molecule has 0 rings (SSSR count). The highest BCUT2D eigenvalue weighted by Gasteiger charge is 2.03. The second kappa shape index (κ2) is 6.62. The van der Waals surface area contributed by atoms with Crippen molar-refractivity contribution in [2.24, 2.45) is 5.92 Å². The zero-order valence-corrected chi connectivity index (χ0v) is 7.84. The Bertz CT molecular complexity index is 77.6. The maximum absolute atomic E-state index is 8.89. The monoisotopic (exact) mass is 160 g/mol. The van der Waals surface area contributed by atoms with Gasteiger partial charge >= 0.3 is 0 Å². The molecule has 2 nitrogen and oxygen atoms in total. The first kappa shape index (κ1) is 10.9. The Morgan fingerprint density at radius 1 is 1.18 bits per heavy atom. The Labute approximate surface area is 69.6 Å². The lowest BCUT2D eigenvalue weighted by atomic mass is 10.1. The Hall–Kier alpha value is -0.0800. The second-order valence-corrected chi connectivity index (χ2v) is 3.07. The van der Waals surface area contributed by atoms with Crippen LogP contribution in [-0.4, -0.2) is 24.4 Å². The summed E-state index contributed by atoms with van der Waals surface area (Å²) < 4.78 is 5.29. The molecule has 0 aromatic heterocycles. The van der Waals surface area contributed by atoms with E-state index in [0.717, 1.165) is 19.4 Å². The fourth-order valence-corrected chi connectivity index (χ4v) is 0.930. The van der Waals surface area contributed by atoms with Gasteiger partial charge < -0.3 is 9.84 Å². The summed E-state index contributed by atoms with van der Waals surface area (Å²) in [6.07, 6.45) is 2.00. The van der Waals surface area contributed by atoms with Gasteiger partial charge in [0.05, 0.1) is 12.7 Å². The molecule has 0 saturated heterocycles. The molecule has 0 aromatic rings. The number of hydrogen-bond donors (Lipinski definition) is 1. The maximum atomic E-state index is 8.89. The Morgan fingerprint density at radius 2 is 1.73 bits per heavy atom. The highest BCUT2D eigenvalue weighted by molar-refractivity contribution is 4.52. The Kier molecular flexibility index (Phi) is 6.57. The average molecular weight is 160 g/mol. The van der Waals surface area contributed by atoms with Gasteiger partial charge in [-0.3, -0.25) is 0 Å². The van der Waals surface area contributed by atoms with E-state index in [-0.39, 0.29) is 6.10 Å². The van der Waals surface area contributed by atoms with Gasteiger partial charge in [-0.2, -0.15) is 0 Å². The molecule has 1 atom stereocenters. The SMILES string of the molecule is CCC(CC)COCC(C)O. The standard InChI is InChI=1S/C9H20O2/c1-4-9(5-2)7-11-6-8(3)10/h8-10H,4-7H2,1-3H3. The van der Waals surface area contributed by atoms with Crippen molar-refractivity contribution in [3.63, 3.8) is 0 Å². The van der Waals surface area contributed by atoms with Crippen LogP contribution in [0, 0.1) is 5.92 Å². The van der Waals surface area contributed by atoms with Crippen LogP contribution in [0.1, 0.15) is 33.6 Å². The van der Waals surface area contributed by atoms with E-state index in [1.54, 1.807) is 6.92 Å². The molecule has 0 fully saturated rings. The van der Waals surface area contributed by atoms with Gasteiger partial charge in [-0.05, 0) is 12.8 Å². The molecule has 2 heteroatoms. The van der Waals surface area contributed by atoms with Crippen molar-refractivity contribution in [1.29, 1.82) is 0 Å². The first-order chi connectivity index (χ1) is 5.20. The fraction of sp³-hybridized carbons (Fsp3) is 1.00. The van der Waals surface area contributed by atoms with Crippen molar-refractivity contribution in [1.82, 2.24) is 0 Å². The van der Waals surface area contributed by atoms with Crippen molar-refractivity contribution in [3.8, 4) is 0 Å². The van der Waals surface area contributed by atoms with Crippen LogP contribution in [0.25, 0.3) is 0 Å². The van der Waals surface area contributed by atoms with Crippen LogP contribution in [0.2, 0.25) is 0 Å². The van der Waals surface area contributed by atoms with Crippen LogP contribution >= 0.6 is 0 Å². The molecular weight excluding hydrogens is 140 g/mol. The molecule has 1 N–H and O–H groups in total. The largest absolute Gasteiger partial charge is 0.391 e. The summed E-state index contributed by atoms with van der Waals surface area (Å²) in [7, 11) is 0. The summed E-state index contributed by atoms with van der Waals surface area (Å²) in [5.41, 5.74) is 0. The summed E-state index contributed by atoms with van der Waals surface area (Å²) in [5.74, 6) is 0.661. The second-order valence-electron chi connectivity index (χ2n) is 3.07. The van der Waals surface area contributed by atoms with Gasteiger partial charge in [0.1, 0.15) is 0 Å². The molecule has 0 spiro atoms.